The van der Waals surface area contributed by atoms with E-state index in [9.17, 15) is 0 Å². The molecule has 0 spiro atoms. The van der Waals surface area contributed by atoms with Crippen LogP contribution in [0.4, 0.5) is 0 Å². The predicted octanol–water partition coefficient (Wildman–Crippen LogP) is 4.47. The molecule has 0 bridgehead atoms. The molecule has 0 heterocycles. The molecule has 0 aromatic heterocycles. The van der Waals surface area contributed by atoms with E-state index >= 15 is 0 Å². The van der Waals surface area contributed by atoms with Crippen molar-refractivity contribution >= 4 is 0 Å². The van der Waals surface area contributed by atoms with E-state index in [0.29, 0.717) is 26.4 Å². The lowest BCUT2D eigenvalue weighted by molar-refractivity contribution is -0.403. The molecule has 134 valence electrons. The maximum atomic E-state index is 5.92. The number of hydrogen-bond acceptors (Lipinski definition) is 4. The van der Waals surface area contributed by atoms with Gasteiger partial charge in [-0.2, -0.15) is 0 Å². The highest BCUT2D eigenvalue weighted by molar-refractivity contribution is 4.73. The van der Waals surface area contributed by atoms with Crippen molar-refractivity contribution in [1.82, 2.24) is 0 Å². The van der Waals surface area contributed by atoms with Gasteiger partial charge in [-0.25, -0.2) is 0 Å². The van der Waals surface area contributed by atoms with Gasteiger partial charge in [-0.15, -0.1) is 0 Å². The molecule has 0 saturated heterocycles. The van der Waals surface area contributed by atoms with E-state index in [1.54, 1.807) is 0 Å². The zero-order valence-electron chi connectivity index (χ0n) is 15.4. The summed E-state index contributed by atoms with van der Waals surface area (Å²) in [5.74, 6) is -0.718. The lowest BCUT2D eigenvalue weighted by Gasteiger charge is -2.39. The molecule has 0 fully saturated rings. The molecule has 0 aliphatic rings. The third-order valence-corrected chi connectivity index (χ3v) is 3.96. The monoisotopic (exact) mass is 317 g/mol. The minimum absolute atomic E-state index is 0.198. The average molecular weight is 318 g/mol. The molecule has 1 unspecified atom stereocenters. The van der Waals surface area contributed by atoms with Gasteiger partial charge in [0.1, 0.15) is 0 Å². The topological polar surface area (TPSA) is 53.7 Å². The van der Waals surface area contributed by atoms with Crippen LogP contribution in [-0.2, 0) is 14.2 Å². The van der Waals surface area contributed by atoms with E-state index in [1.807, 2.05) is 20.8 Å². The van der Waals surface area contributed by atoms with Crippen LogP contribution >= 0.6 is 0 Å². The molecule has 1 atom stereocenters. The first-order chi connectivity index (χ1) is 10.7. The summed E-state index contributed by atoms with van der Waals surface area (Å²) in [5, 5.41) is 0. The van der Waals surface area contributed by atoms with Crippen molar-refractivity contribution in [2.75, 3.05) is 26.4 Å². The number of unbranched alkanes of at least 4 members (excludes halogenated alkanes) is 5. The van der Waals surface area contributed by atoms with Gasteiger partial charge >= 0.3 is 0 Å². The maximum Gasteiger partial charge on any atom is 0.285 e. The molecule has 0 radical (unpaired) electrons. The number of rotatable bonds is 16. The van der Waals surface area contributed by atoms with E-state index in [1.165, 1.54) is 38.5 Å². The van der Waals surface area contributed by atoms with Crippen molar-refractivity contribution in [3.63, 3.8) is 0 Å². The van der Waals surface area contributed by atoms with E-state index in [0.717, 1.165) is 12.8 Å². The molecule has 22 heavy (non-hydrogen) atoms. The quantitative estimate of drug-likeness (QED) is 0.337. The largest absolute Gasteiger partial charge is 0.330 e. The van der Waals surface area contributed by atoms with Crippen LogP contribution in [0.15, 0.2) is 0 Å². The summed E-state index contributed by atoms with van der Waals surface area (Å²) < 4.78 is 17.8. The third kappa shape index (κ3) is 8.47. The van der Waals surface area contributed by atoms with Gasteiger partial charge in [0, 0.05) is 25.7 Å². The normalized spacial score (nSPS) is 13.5. The molecule has 0 rings (SSSR count). The van der Waals surface area contributed by atoms with Crippen molar-refractivity contribution < 1.29 is 14.2 Å². The van der Waals surface area contributed by atoms with Crippen molar-refractivity contribution in [2.24, 2.45) is 11.7 Å². The first kappa shape index (κ1) is 21.8. The Balaban J connectivity index is 4.58. The van der Waals surface area contributed by atoms with E-state index in [2.05, 4.69) is 6.92 Å². The first-order valence-corrected chi connectivity index (χ1v) is 9.32. The van der Waals surface area contributed by atoms with Gasteiger partial charge in [-0.3, -0.25) is 0 Å². The van der Waals surface area contributed by atoms with Crippen LogP contribution < -0.4 is 5.73 Å². The fraction of sp³-hybridized carbons (Fsp3) is 1.00. The Morgan fingerprint density at radius 3 is 1.68 bits per heavy atom. The van der Waals surface area contributed by atoms with E-state index < -0.39 is 5.97 Å². The van der Waals surface area contributed by atoms with E-state index in [-0.39, 0.29) is 5.92 Å². The molecule has 0 aliphatic heterocycles. The van der Waals surface area contributed by atoms with Gasteiger partial charge in [0.25, 0.3) is 5.97 Å². The Morgan fingerprint density at radius 1 is 0.727 bits per heavy atom. The SMILES string of the molecule is CCCCCCCCC(CCN)C(OCC)(OCC)OCC. The second-order valence-electron chi connectivity index (χ2n) is 5.73. The van der Waals surface area contributed by atoms with Crippen molar-refractivity contribution in [3.05, 3.63) is 0 Å². The molecule has 0 aliphatic carbocycles. The minimum Gasteiger partial charge on any atom is -0.330 e. The first-order valence-electron chi connectivity index (χ1n) is 9.32. The Kier molecular flexibility index (Phi) is 14.3. The van der Waals surface area contributed by atoms with Gasteiger partial charge in [0.05, 0.1) is 0 Å². The maximum absolute atomic E-state index is 5.92. The highest BCUT2D eigenvalue weighted by Crippen LogP contribution is 2.32. The van der Waals surface area contributed by atoms with Gasteiger partial charge < -0.3 is 19.9 Å². The zero-order chi connectivity index (χ0) is 16.7. The number of hydrogen-bond donors (Lipinski definition) is 1. The van der Waals surface area contributed by atoms with Crippen LogP contribution in [0.2, 0.25) is 0 Å². The average Bonchev–Trinajstić information content (AvgIpc) is 2.50. The second-order valence-corrected chi connectivity index (χ2v) is 5.73. The van der Waals surface area contributed by atoms with Gasteiger partial charge in [-0.1, -0.05) is 45.4 Å². The van der Waals surface area contributed by atoms with Crippen LogP contribution in [0.5, 0.6) is 0 Å². The molecule has 2 N–H and O–H groups in total. The van der Waals surface area contributed by atoms with Crippen LogP contribution in [0.25, 0.3) is 0 Å². The standard InChI is InChI=1S/C18H39NO3/c1-5-9-10-11-12-13-14-17(15-16-19)18(20-6-2,21-7-3)22-8-4/h17H,5-16,19H2,1-4H3. The summed E-state index contributed by atoms with van der Waals surface area (Å²) in [4.78, 5) is 0. The number of nitrogens with two attached hydrogens (primary N) is 1. The van der Waals surface area contributed by atoms with Crippen molar-refractivity contribution in [1.29, 1.82) is 0 Å². The molecule has 0 amide bonds. The smallest absolute Gasteiger partial charge is 0.285 e. The summed E-state index contributed by atoms with van der Waals surface area (Å²) >= 11 is 0. The summed E-state index contributed by atoms with van der Waals surface area (Å²) in [6.45, 7) is 10.6. The summed E-state index contributed by atoms with van der Waals surface area (Å²) in [5.41, 5.74) is 5.82. The van der Waals surface area contributed by atoms with Gasteiger partial charge in [-0.05, 0) is 40.2 Å². The van der Waals surface area contributed by atoms with Crippen LogP contribution in [0.3, 0.4) is 0 Å². The Morgan fingerprint density at radius 2 is 1.23 bits per heavy atom. The van der Waals surface area contributed by atoms with Crippen molar-refractivity contribution in [3.8, 4) is 0 Å². The molecular weight excluding hydrogens is 278 g/mol. The van der Waals surface area contributed by atoms with Crippen LogP contribution in [0.1, 0.15) is 79.1 Å². The van der Waals surface area contributed by atoms with Gasteiger partial charge in [0.2, 0.25) is 0 Å². The van der Waals surface area contributed by atoms with Gasteiger partial charge in [0.15, 0.2) is 0 Å². The Hall–Kier alpha value is -0.160. The molecular formula is C18H39NO3. The minimum atomic E-state index is -0.916. The van der Waals surface area contributed by atoms with Crippen molar-refractivity contribution in [2.45, 2.75) is 85.0 Å². The summed E-state index contributed by atoms with van der Waals surface area (Å²) in [6.07, 6.45) is 9.65. The highest BCUT2D eigenvalue weighted by Gasteiger charge is 2.41. The third-order valence-electron chi connectivity index (χ3n) is 3.96. The summed E-state index contributed by atoms with van der Waals surface area (Å²) in [7, 11) is 0. The second kappa shape index (κ2) is 14.4. The number of ether oxygens (including phenoxy) is 3. The fourth-order valence-electron chi connectivity index (χ4n) is 2.95. The van der Waals surface area contributed by atoms with Crippen LogP contribution in [-0.4, -0.2) is 32.3 Å². The molecule has 4 heteroatoms. The fourth-order valence-corrected chi connectivity index (χ4v) is 2.95. The lowest BCUT2D eigenvalue weighted by Crippen LogP contribution is -2.47. The lowest BCUT2D eigenvalue weighted by atomic mass is 9.94. The highest BCUT2D eigenvalue weighted by atomic mass is 16.9. The van der Waals surface area contributed by atoms with Crippen LogP contribution in [0, 0.1) is 5.92 Å². The Labute approximate surface area is 138 Å². The summed E-state index contributed by atoms with van der Waals surface area (Å²) in [6, 6.07) is 0. The molecule has 4 nitrogen and oxygen atoms in total. The Bertz CT molecular complexity index is 219. The van der Waals surface area contributed by atoms with E-state index in [4.69, 9.17) is 19.9 Å². The molecule has 0 aromatic rings. The predicted molar refractivity (Wildman–Crippen MR) is 92.8 cm³/mol. The molecule has 0 aromatic carbocycles. The zero-order valence-corrected chi connectivity index (χ0v) is 15.4. The molecule has 0 saturated carbocycles.